The van der Waals surface area contributed by atoms with Gasteiger partial charge < -0.3 is 14.4 Å². The van der Waals surface area contributed by atoms with Gasteiger partial charge in [0.2, 0.25) is 5.91 Å². The van der Waals surface area contributed by atoms with E-state index >= 15 is 0 Å². The molecule has 138 valence electrons. The maximum Gasteiger partial charge on any atom is 0.234 e. The predicted octanol–water partition coefficient (Wildman–Crippen LogP) is 3.90. The van der Waals surface area contributed by atoms with E-state index in [1.165, 1.54) is 30.9 Å². The summed E-state index contributed by atoms with van der Waals surface area (Å²) in [5, 5.41) is -0.413. The molecule has 1 unspecified atom stereocenters. The molecular formula is C18H16F3NO3S. The van der Waals surface area contributed by atoms with E-state index in [1.54, 1.807) is 18.2 Å². The Balaban J connectivity index is 1.96. The van der Waals surface area contributed by atoms with Crippen molar-refractivity contribution in [3.63, 3.8) is 0 Å². The van der Waals surface area contributed by atoms with Gasteiger partial charge >= 0.3 is 0 Å². The monoisotopic (exact) mass is 383 g/mol. The van der Waals surface area contributed by atoms with Gasteiger partial charge in [-0.3, -0.25) is 4.79 Å². The number of nitrogens with zero attached hydrogens (tertiary/aromatic N) is 1. The molecule has 1 aliphatic rings. The lowest BCUT2D eigenvalue weighted by atomic mass is 10.1. The molecule has 0 N–H and O–H groups in total. The highest BCUT2D eigenvalue weighted by Gasteiger charge is 2.35. The number of halogens is 3. The summed E-state index contributed by atoms with van der Waals surface area (Å²) >= 11 is 1.37. The number of thioether (sulfide) groups is 1. The number of amides is 1. The summed E-state index contributed by atoms with van der Waals surface area (Å²) in [6.45, 7) is -0.0506. The molecule has 0 bridgehead atoms. The van der Waals surface area contributed by atoms with Crippen LogP contribution in [0.1, 0.15) is 16.5 Å². The molecule has 26 heavy (non-hydrogen) atoms. The highest BCUT2D eigenvalue weighted by molar-refractivity contribution is 8.00. The van der Waals surface area contributed by atoms with Crippen molar-refractivity contribution in [3.05, 3.63) is 58.9 Å². The Morgan fingerprint density at radius 2 is 1.85 bits per heavy atom. The van der Waals surface area contributed by atoms with Crippen molar-refractivity contribution in [1.82, 2.24) is 4.90 Å². The maximum absolute atomic E-state index is 13.5. The van der Waals surface area contributed by atoms with Crippen LogP contribution < -0.4 is 9.47 Å². The van der Waals surface area contributed by atoms with Gasteiger partial charge in [0.05, 0.1) is 20.0 Å². The Kier molecular flexibility index (Phi) is 5.31. The van der Waals surface area contributed by atoms with Crippen LogP contribution in [0, 0.1) is 17.5 Å². The lowest BCUT2D eigenvalue weighted by Crippen LogP contribution is -2.28. The fraction of sp³-hybridized carbons (Fsp3) is 0.278. The topological polar surface area (TPSA) is 38.8 Å². The van der Waals surface area contributed by atoms with Crippen molar-refractivity contribution in [3.8, 4) is 11.5 Å². The third kappa shape index (κ3) is 3.33. The van der Waals surface area contributed by atoms with Gasteiger partial charge in [-0.15, -0.1) is 11.8 Å². The molecule has 0 spiro atoms. The Morgan fingerprint density at radius 3 is 2.46 bits per heavy atom. The molecule has 8 heteroatoms. The summed E-state index contributed by atoms with van der Waals surface area (Å²) < 4.78 is 50.8. The number of carbonyl (C=O) groups excluding carboxylic acids is 1. The first-order valence-corrected chi connectivity index (χ1v) is 8.76. The smallest absolute Gasteiger partial charge is 0.234 e. The molecule has 0 aromatic heterocycles. The number of benzene rings is 2. The van der Waals surface area contributed by atoms with Crippen molar-refractivity contribution in [2.24, 2.45) is 0 Å². The SMILES string of the molecule is COc1cccc(C2SCC(=O)N2Cc2cc(F)c(F)c(F)c2)c1OC. The molecule has 1 atom stereocenters. The highest BCUT2D eigenvalue weighted by Crippen LogP contribution is 2.46. The Hall–Kier alpha value is -2.35. The van der Waals surface area contributed by atoms with Gasteiger partial charge in [0, 0.05) is 12.1 Å². The molecule has 1 heterocycles. The van der Waals surface area contributed by atoms with E-state index in [2.05, 4.69) is 0 Å². The van der Waals surface area contributed by atoms with E-state index in [9.17, 15) is 18.0 Å². The average molecular weight is 383 g/mol. The summed E-state index contributed by atoms with van der Waals surface area (Å²) in [6.07, 6.45) is 0. The molecule has 2 aromatic carbocycles. The summed E-state index contributed by atoms with van der Waals surface area (Å²) in [5.74, 6) is -3.05. The second-order valence-electron chi connectivity index (χ2n) is 5.64. The van der Waals surface area contributed by atoms with Gasteiger partial charge in [0.15, 0.2) is 29.0 Å². The Morgan fingerprint density at radius 1 is 1.15 bits per heavy atom. The van der Waals surface area contributed by atoms with Crippen LogP contribution in [0.25, 0.3) is 0 Å². The van der Waals surface area contributed by atoms with Crippen molar-refractivity contribution < 1.29 is 27.4 Å². The van der Waals surface area contributed by atoms with E-state index in [4.69, 9.17) is 9.47 Å². The van der Waals surface area contributed by atoms with Gasteiger partial charge in [0.1, 0.15) is 5.37 Å². The van der Waals surface area contributed by atoms with Gasteiger partial charge in [-0.05, 0) is 23.8 Å². The van der Waals surface area contributed by atoms with Crippen LogP contribution in [-0.4, -0.2) is 30.8 Å². The van der Waals surface area contributed by atoms with Gasteiger partial charge in [0.25, 0.3) is 0 Å². The van der Waals surface area contributed by atoms with E-state index in [0.717, 1.165) is 12.1 Å². The number of ether oxygens (including phenoxy) is 2. The molecule has 1 aliphatic heterocycles. The Labute approximate surface area is 152 Å². The molecule has 1 amide bonds. The fourth-order valence-corrected chi connectivity index (χ4v) is 4.09. The van der Waals surface area contributed by atoms with E-state index in [0.29, 0.717) is 17.1 Å². The van der Waals surface area contributed by atoms with Crippen LogP contribution in [0.2, 0.25) is 0 Å². The quantitative estimate of drug-likeness (QED) is 0.735. The van der Waals surface area contributed by atoms with Gasteiger partial charge in [-0.25, -0.2) is 13.2 Å². The maximum atomic E-state index is 13.5. The first-order chi connectivity index (χ1) is 12.5. The first kappa shape index (κ1) is 18.4. The van der Waals surface area contributed by atoms with Crippen molar-refractivity contribution in [2.75, 3.05) is 20.0 Å². The standard InChI is InChI=1S/C18H16F3NO3S/c1-24-14-5-3-4-11(17(14)25-2)18-22(15(23)9-26-18)8-10-6-12(19)16(21)13(20)7-10/h3-7,18H,8-9H2,1-2H3. The molecule has 3 rings (SSSR count). The number of methoxy groups -OCH3 is 2. The van der Waals surface area contributed by atoms with Crippen LogP contribution in [-0.2, 0) is 11.3 Å². The van der Waals surface area contributed by atoms with Crippen LogP contribution in [0.15, 0.2) is 30.3 Å². The minimum absolute atomic E-state index is 0.0506. The molecule has 1 saturated heterocycles. The Bertz CT molecular complexity index is 823. The normalized spacial score (nSPS) is 16.9. The number of hydrogen-bond acceptors (Lipinski definition) is 4. The fourth-order valence-electron chi connectivity index (χ4n) is 2.89. The molecular weight excluding hydrogens is 367 g/mol. The van der Waals surface area contributed by atoms with Crippen LogP contribution in [0.5, 0.6) is 11.5 Å². The zero-order valence-electron chi connectivity index (χ0n) is 14.1. The van der Waals surface area contributed by atoms with Crippen molar-refractivity contribution in [1.29, 1.82) is 0 Å². The van der Waals surface area contributed by atoms with Gasteiger partial charge in [-0.1, -0.05) is 12.1 Å². The van der Waals surface area contributed by atoms with Gasteiger partial charge in [-0.2, -0.15) is 0 Å². The third-order valence-electron chi connectivity index (χ3n) is 4.06. The molecule has 0 radical (unpaired) electrons. The largest absolute Gasteiger partial charge is 0.493 e. The van der Waals surface area contributed by atoms with Crippen LogP contribution in [0.3, 0.4) is 0 Å². The average Bonchev–Trinajstić information content (AvgIpc) is 2.99. The molecule has 1 fully saturated rings. The first-order valence-electron chi connectivity index (χ1n) is 7.71. The zero-order valence-corrected chi connectivity index (χ0v) is 14.9. The molecule has 0 aliphatic carbocycles. The van der Waals surface area contributed by atoms with E-state index in [1.807, 2.05) is 0 Å². The lowest BCUT2D eigenvalue weighted by Gasteiger charge is -2.26. The molecule has 2 aromatic rings. The van der Waals surface area contributed by atoms with Crippen molar-refractivity contribution >= 4 is 17.7 Å². The number of para-hydroxylation sites is 1. The van der Waals surface area contributed by atoms with Crippen molar-refractivity contribution in [2.45, 2.75) is 11.9 Å². The number of rotatable bonds is 5. The summed E-state index contributed by atoms with van der Waals surface area (Å²) in [6, 6.07) is 7.10. The highest BCUT2D eigenvalue weighted by atomic mass is 32.2. The number of carbonyl (C=O) groups is 1. The zero-order chi connectivity index (χ0) is 18.8. The second kappa shape index (κ2) is 7.49. The van der Waals surface area contributed by atoms with E-state index < -0.39 is 22.8 Å². The van der Waals surface area contributed by atoms with Crippen LogP contribution >= 0.6 is 11.8 Å². The predicted molar refractivity (Wildman–Crippen MR) is 91.6 cm³/mol. The molecule has 4 nitrogen and oxygen atoms in total. The van der Waals surface area contributed by atoms with Crippen LogP contribution in [0.4, 0.5) is 13.2 Å². The summed E-state index contributed by atoms with van der Waals surface area (Å²) in [4.78, 5) is 13.8. The van der Waals surface area contributed by atoms with E-state index in [-0.39, 0.29) is 23.8 Å². The lowest BCUT2D eigenvalue weighted by molar-refractivity contribution is -0.128. The summed E-state index contributed by atoms with van der Waals surface area (Å²) in [5.41, 5.74) is 0.884. The molecule has 0 saturated carbocycles. The second-order valence-corrected chi connectivity index (χ2v) is 6.71. The number of hydrogen-bond donors (Lipinski definition) is 0. The summed E-state index contributed by atoms with van der Waals surface area (Å²) in [7, 11) is 3.01. The third-order valence-corrected chi connectivity index (χ3v) is 5.30. The minimum atomic E-state index is -1.53. The minimum Gasteiger partial charge on any atom is -0.493 e.